The first kappa shape index (κ1) is 19.9. The lowest BCUT2D eigenvalue weighted by atomic mass is 10.1. The van der Waals surface area contributed by atoms with Crippen LogP contribution in [0.1, 0.15) is 5.76 Å². The summed E-state index contributed by atoms with van der Waals surface area (Å²) in [6, 6.07) is 13.4. The molecule has 1 aliphatic rings. The van der Waals surface area contributed by atoms with Crippen LogP contribution in [-0.4, -0.2) is 16.0 Å². The zero-order valence-corrected chi connectivity index (χ0v) is 16.5. The van der Waals surface area contributed by atoms with E-state index in [1.165, 1.54) is 30.3 Å². The number of benzene rings is 2. The molecular weight excluding hydrogens is 433 g/mol. The fourth-order valence-corrected chi connectivity index (χ4v) is 3.61. The molecule has 1 aliphatic heterocycles. The van der Waals surface area contributed by atoms with E-state index in [4.69, 9.17) is 16.0 Å². The summed E-state index contributed by atoms with van der Waals surface area (Å²) in [6.07, 6.45) is 1.56. The lowest BCUT2D eigenvalue weighted by Gasteiger charge is -1.98. The van der Waals surface area contributed by atoms with Gasteiger partial charge >= 0.3 is 0 Å². The summed E-state index contributed by atoms with van der Waals surface area (Å²) in [7, 11) is 0. The molecule has 0 saturated carbocycles. The number of hydrogen-bond donors (Lipinski definition) is 1. The normalized spacial score (nSPS) is 16.3. The molecule has 0 aliphatic carbocycles. The highest BCUT2D eigenvalue weighted by molar-refractivity contribution is 8.18. The number of amidine groups is 1. The molecular formula is C20H11ClFN3O4S. The molecule has 30 heavy (non-hydrogen) atoms. The van der Waals surface area contributed by atoms with Crippen LogP contribution in [0.25, 0.3) is 17.4 Å². The molecule has 0 atom stereocenters. The average Bonchev–Trinajstić information content (AvgIpc) is 3.32. The van der Waals surface area contributed by atoms with Gasteiger partial charge in [0.1, 0.15) is 17.3 Å². The maximum atomic E-state index is 13.3. The van der Waals surface area contributed by atoms with E-state index in [1.54, 1.807) is 30.3 Å². The number of aliphatic imine (C=N–C) groups is 1. The van der Waals surface area contributed by atoms with Gasteiger partial charge in [-0.05, 0) is 54.2 Å². The Morgan fingerprint density at radius 2 is 1.93 bits per heavy atom. The molecule has 2 aromatic carbocycles. The van der Waals surface area contributed by atoms with E-state index in [0.717, 1.165) is 11.8 Å². The van der Waals surface area contributed by atoms with Crippen molar-refractivity contribution in [3.8, 4) is 11.3 Å². The molecule has 1 fully saturated rings. The van der Waals surface area contributed by atoms with Crippen molar-refractivity contribution in [2.45, 2.75) is 0 Å². The number of halogens is 2. The van der Waals surface area contributed by atoms with Gasteiger partial charge in [0, 0.05) is 23.8 Å². The monoisotopic (exact) mass is 443 g/mol. The van der Waals surface area contributed by atoms with E-state index >= 15 is 0 Å². The van der Waals surface area contributed by atoms with Gasteiger partial charge in [-0.3, -0.25) is 14.9 Å². The number of non-ortho nitro benzene ring substituents is 1. The molecule has 0 spiro atoms. The van der Waals surface area contributed by atoms with Crippen molar-refractivity contribution >= 4 is 51.9 Å². The molecule has 150 valence electrons. The average molecular weight is 444 g/mol. The van der Waals surface area contributed by atoms with Gasteiger partial charge in [0.25, 0.3) is 11.6 Å². The lowest BCUT2D eigenvalue weighted by Crippen LogP contribution is -2.19. The van der Waals surface area contributed by atoms with Crippen molar-refractivity contribution < 1.29 is 18.5 Å². The van der Waals surface area contributed by atoms with Gasteiger partial charge in [-0.15, -0.1) is 0 Å². The molecule has 10 heteroatoms. The van der Waals surface area contributed by atoms with Crippen LogP contribution in [0, 0.1) is 15.9 Å². The molecule has 0 radical (unpaired) electrons. The van der Waals surface area contributed by atoms with Gasteiger partial charge in [0.05, 0.1) is 20.5 Å². The molecule has 4 rings (SSSR count). The summed E-state index contributed by atoms with van der Waals surface area (Å²) in [5, 5.41) is 13.6. The standard InChI is InChI=1S/C20H11ClFN3O4S/c21-15-9-12(3-7-16(15)22)23-20-24-19(26)18(30-20)10-14-6-8-17(29-14)11-1-4-13(5-2-11)25(27)28/h1-10H,(H,23,24,26). The molecule has 2 heterocycles. The van der Waals surface area contributed by atoms with E-state index in [2.05, 4.69) is 10.3 Å². The summed E-state index contributed by atoms with van der Waals surface area (Å²) in [6.45, 7) is 0. The van der Waals surface area contributed by atoms with Crippen LogP contribution in [0.3, 0.4) is 0 Å². The Morgan fingerprint density at radius 3 is 2.63 bits per heavy atom. The van der Waals surface area contributed by atoms with Gasteiger partial charge in [0.2, 0.25) is 0 Å². The SMILES string of the molecule is O=C1NC(=Nc2ccc(F)c(Cl)c2)SC1=Cc1ccc(-c2ccc([N+](=O)[O-])cc2)o1. The summed E-state index contributed by atoms with van der Waals surface area (Å²) < 4.78 is 19.0. The minimum absolute atomic E-state index is 0.0130. The summed E-state index contributed by atoms with van der Waals surface area (Å²) in [5.74, 6) is 0.0493. The zero-order chi connectivity index (χ0) is 21.3. The smallest absolute Gasteiger partial charge is 0.269 e. The topological polar surface area (TPSA) is 97.7 Å². The number of furan rings is 1. The quantitative estimate of drug-likeness (QED) is 0.324. The number of nitro groups is 1. The fourth-order valence-electron chi connectivity index (χ4n) is 2.61. The zero-order valence-electron chi connectivity index (χ0n) is 15.0. The summed E-state index contributed by atoms with van der Waals surface area (Å²) >= 11 is 6.85. The molecule has 1 aromatic heterocycles. The maximum absolute atomic E-state index is 13.3. The van der Waals surface area contributed by atoms with Crippen LogP contribution in [0.5, 0.6) is 0 Å². The van der Waals surface area contributed by atoms with Crippen LogP contribution >= 0.6 is 23.4 Å². The van der Waals surface area contributed by atoms with Crippen molar-refractivity contribution in [2.75, 3.05) is 0 Å². The summed E-state index contributed by atoms with van der Waals surface area (Å²) in [4.78, 5) is 27.1. The van der Waals surface area contributed by atoms with Crippen LogP contribution in [0.2, 0.25) is 5.02 Å². The fraction of sp³-hybridized carbons (Fsp3) is 0. The van der Waals surface area contributed by atoms with Crippen molar-refractivity contribution in [3.63, 3.8) is 0 Å². The number of nitrogens with zero attached hydrogens (tertiary/aromatic N) is 2. The molecule has 0 unspecified atom stereocenters. The number of nitrogens with one attached hydrogen (secondary N) is 1. The Kier molecular flexibility index (Phi) is 5.39. The number of hydrogen-bond acceptors (Lipinski definition) is 6. The van der Waals surface area contributed by atoms with Crippen LogP contribution < -0.4 is 5.32 Å². The van der Waals surface area contributed by atoms with Gasteiger partial charge < -0.3 is 9.73 Å². The first-order valence-electron chi connectivity index (χ1n) is 8.48. The van der Waals surface area contributed by atoms with Crippen LogP contribution in [0.4, 0.5) is 15.8 Å². The van der Waals surface area contributed by atoms with Crippen molar-refractivity contribution in [1.82, 2.24) is 5.32 Å². The van der Waals surface area contributed by atoms with Gasteiger partial charge in [-0.25, -0.2) is 9.38 Å². The first-order valence-corrected chi connectivity index (χ1v) is 9.68. The van der Waals surface area contributed by atoms with Crippen LogP contribution in [0.15, 0.2) is 68.9 Å². The van der Waals surface area contributed by atoms with Gasteiger partial charge in [-0.2, -0.15) is 0 Å². The molecule has 0 bridgehead atoms. The predicted octanol–water partition coefficient (Wildman–Crippen LogP) is 5.54. The Balaban J connectivity index is 1.52. The first-order chi connectivity index (χ1) is 14.4. The Morgan fingerprint density at radius 1 is 1.17 bits per heavy atom. The Bertz CT molecular complexity index is 1220. The minimum Gasteiger partial charge on any atom is -0.457 e. The third-order valence-electron chi connectivity index (χ3n) is 4.05. The van der Waals surface area contributed by atoms with E-state index in [-0.39, 0.29) is 16.6 Å². The highest BCUT2D eigenvalue weighted by Crippen LogP contribution is 2.31. The highest BCUT2D eigenvalue weighted by Gasteiger charge is 2.24. The van der Waals surface area contributed by atoms with E-state index in [9.17, 15) is 19.3 Å². The molecule has 1 amide bonds. The van der Waals surface area contributed by atoms with E-state index < -0.39 is 10.7 Å². The number of amides is 1. The Hall–Kier alpha value is -3.43. The number of rotatable bonds is 4. The largest absolute Gasteiger partial charge is 0.457 e. The predicted molar refractivity (Wildman–Crippen MR) is 113 cm³/mol. The van der Waals surface area contributed by atoms with Gasteiger partial charge in [-0.1, -0.05) is 11.6 Å². The number of thioether (sulfide) groups is 1. The minimum atomic E-state index is -0.550. The Labute approximate surface area is 178 Å². The molecule has 3 aromatic rings. The second kappa shape index (κ2) is 8.13. The third kappa shape index (κ3) is 4.27. The number of nitro benzene ring substituents is 1. The van der Waals surface area contributed by atoms with Crippen molar-refractivity contribution in [2.24, 2.45) is 4.99 Å². The number of carbonyl (C=O) groups is 1. The second-order valence-electron chi connectivity index (χ2n) is 6.09. The van der Waals surface area contributed by atoms with Gasteiger partial charge in [0.15, 0.2) is 5.17 Å². The highest BCUT2D eigenvalue weighted by atomic mass is 35.5. The van der Waals surface area contributed by atoms with E-state index in [1.807, 2.05) is 0 Å². The molecule has 7 nitrogen and oxygen atoms in total. The number of carbonyl (C=O) groups excluding carboxylic acids is 1. The third-order valence-corrected chi connectivity index (χ3v) is 5.25. The molecule has 1 saturated heterocycles. The van der Waals surface area contributed by atoms with Crippen LogP contribution in [-0.2, 0) is 4.79 Å². The maximum Gasteiger partial charge on any atom is 0.269 e. The summed E-state index contributed by atoms with van der Waals surface area (Å²) in [5.41, 5.74) is 1.06. The van der Waals surface area contributed by atoms with Crippen molar-refractivity contribution in [1.29, 1.82) is 0 Å². The second-order valence-corrected chi connectivity index (χ2v) is 7.52. The molecule has 1 N–H and O–H groups in total. The van der Waals surface area contributed by atoms with Crippen molar-refractivity contribution in [3.05, 3.63) is 86.2 Å². The van der Waals surface area contributed by atoms with E-state index in [0.29, 0.717) is 32.8 Å². The lowest BCUT2D eigenvalue weighted by molar-refractivity contribution is -0.384.